The second-order valence-electron chi connectivity index (χ2n) is 8.12. The van der Waals surface area contributed by atoms with Crippen LogP contribution >= 0.6 is 0 Å². The molecule has 1 aliphatic carbocycles. The topological polar surface area (TPSA) is 64.6 Å². The fourth-order valence-corrected chi connectivity index (χ4v) is 4.67. The van der Waals surface area contributed by atoms with Gasteiger partial charge in [0.05, 0.1) is 16.1 Å². The van der Waals surface area contributed by atoms with Crippen LogP contribution < -0.4 is 10.2 Å². The van der Waals surface area contributed by atoms with Crippen LogP contribution in [-0.4, -0.2) is 32.8 Å². The van der Waals surface area contributed by atoms with Crippen molar-refractivity contribution in [3.63, 3.8) is 0 Å². The number of benzene rings is 1. The first kappa shape index (κ1) is 18.9. The van der Waals surface area contributed by atoms with Crippen LogP contribution in [0.4, 0.5) is 0 Å². The Labute approximate surface area is 151 Å². The molecule has 0 bridgehead atoms. The number of hydrogen-bond donors (Lipinski definition) is 1. The quantitative estimate of drug-likeness (QED) is 0.833. The summed E-state index contributed by atoms with van der Waals surface area (Å²) >= 11 is 0. The van der Waals surface area contributed by atoms with Crippen molar-refractivity contribution in [3.05, 3.63) is 24.3 Å². The first-order valence-corrected chi connectivity index (χ1v) is 10.6. The second kappa shape index (κ2) is 6.69. The van der Waals surface area contributed by atoms with E-state index in [2.05, 4.69) is 4.72 Å². The van der Waals surface area contributed by atoms with Gasteiger partial charge < -0.3 is 9.31 Å². The molecule has 0 atom stereocenters. The summed E-state index contributed by atoms with van der Waals surface area (Å²) in [4.78, 5) is 0.269. The molecule has 1 saturated carbocycles. The number of nitrogens with one attached hydrogen (secondary N) is 1. The van der Waals surface area contributed by atoms with Gasteiger partial charge in [-0.25, -0.2) is 13.1 Å². The highest BCUT2D eigenvalue weighted by molar-refractivity contribution is 7.89. The van der Waals surface area contributed by atoms with Gasteiger partial charge in [-0.15, -0.1) is 0 Å². The third kappa shape index (κ3) is 3.94. The van der Waals surface area contributed by atoms with E-state index in [-0.39, 0.29) is 10.9 Å². The molecule has 0 unspecified atom stereocenters. The number of rotatable bonds is 4. The zero-order valence-corrected chi connectivity index (χ0v) is 16.4. The van der Waals surface area contributed by atoms with Crippen LogP contribution in [0.15, 0.2) is 29.2 Å². The van der Waals surface area contributed by atoms with E-state index in [0.717, 1.165) is 31.1 Å². The van der Waals surface area contributed by atoms with Crippen molar-refractivity contribution in [1.29, 1.82) is 0 Å². The normalized spacial score (nSPS) is 23.8. The lowest BCUT2D eigenvalue weighted by atomic mass is 9.79. The zero-order chi connectivity index (χ0) is 18.3. The zero-order valence-electron chi connectivity index (χ0n) is 15.5. The van der Waals surface area contributed by atoms with E-state index in [9.17, 15) is 8.42 Å². The SMILES string of the molecule is CC1(C)OB(c2cccc(S(=O)(=O)NC3CCCCC3)c2)OC1(C)C. The molecule has 1 saturated heterocycles. The molecule has 2 fully saturated rings. The summed E-state index contributed by atoms with van der Waals surface area (Å²) < 4.78 is 40.4. The van der Waals surface area contributed by atoms with Crippen molar-refractivity contribution >= 4 is 22.6 Å². The maximum absolute atomic E-state index is 12.7. The molecule has 138 valence electrons. The predicted octanol–water partition coefficient (Wildman–Crippen LogP) is 2.60. The van der Waals surface area contributed by atoms with Crippen molar-refractivity contribution in [1.82, 2.24) is 4.72 Å². The molecule has 0 radical (unpaired) electrons. The monoisotopic (exact) mass is 365 g/mol. The van der Waals surface area contributed by atoms with E-state index in [0.29, 0.717) is 0 Å². The smallest absolute Gasteiger partial charge is 0.399 e. The highest BCUT2D eigenvalue weighted by atomic mass is 32.2. The minimum absolute atomic E-state index is 0.0410. The third-order valence-corrected chi connectivity index (χ3v) is 7.14. The van der Waals surface area contributed by atoms with Crippen molar-refractivity contribution in [2.45, 2.75) is 81.9 Å². The number of sulfonamides is 1. The third-order valence-electron chi connectivity index (χ3n) is 5.62. The lowest BCUT2D eigenvalue weighted by Crippen LogP contribution is -2.41. The molecule has 0 aromatic heterocycles. The molecular formula is C18H28BNO4S. The van der Waals surface area contributed by atoms with Gasteiger partial charge in [-0.05, 0) is 58.1 Å². The van der Waals surface area contributed by atoms with E-state index in [1.54, 1.807) is 18.2 Å². The Hall–Kier alpha value is -0.885. The Bertz CT molecular complexity index is 710. The summed E-state index contributed by atoms with van der Waals surface area (Å²) in [6.45, 7) is 7.94. The van der Waals surface area contributed by atoms with Crippen LogP contribution in [0.5, 0.6) is 0 Å². The summed E-state index contributed by atoms with van der Waals surface area (Å²) in [5.41, 5.74) is -0.176. The van der Waals surface area contributed by atoms with E-state index >= 15 is 0 Å². The van der Waals surface area contributed by atoms with Crippen LogP contribution in [0.3, 0.4) is 0 Å². The maximum atomic E-state index is 12.7. The molecule has 2 aliphatic rings. The lowest BCUT2D eigenvalue weighted by molar-refractivity contribution is 0.00578. The molecular weight excluding hydrogens is 337 g/mol. The van der Waals surface area contributed by atoms with E-state index in [4.69, 9.17) is 9.31 Å². The van der Waals surface area contributed by atoms with Crippen LogP contribution in [0.2, 0.25) is 0 Å². The molecule has 0 amide bonds. The average Bonchev–Trinajstić information content (AvgIpc) is 2.76. The maximum Gasteiger partial charge on any atom is 0.494 e. The summed E-state index contributed by atoms with van der Waals surface area (Å²) in [5, 5.41) is 0. The molecule has 3 rings (SSSR count). The Morgan fingerprint density at radius 1 is 1.04 bits per heavy atom. The van der Waals surface area contributed by atoms with Gasteiger partial charge in [0.25, 0.3) is 0 Å². The van der Waals surface area contributed by atoms with Crippen molar-refractivity contribution in [2.24, 2.45) is 0 Å². The van der Waals surface area contributed by atoms with Gasteiger partial charge in [-0.1, -0.05) is 31.4 Å². The van der Waals surface area contributed by atoms with Crippen molar-refractivity contribution in [3.8, 4) is 0 Å². The first-order chi connectivity index (χ1) is 11.6. The highest BCUT2D eigenvalue weighted by Crippen LogP contribution is 2.36. The molecule has 7 heteroatoms. The van der Waals surface area contributed by atoms with Crippen LogP contribution in [-0.2, 0) is 19.3 Å². The molecule has 5 nitrogen and oxygen atoms in total. The number of hydrogen-bond acceptors (Lipinski definition) is 4. The lowest BCUT2D eigenvalue weighted by Gasteiger charge is -2.32. The average molecular weight is 365 g/mol. The summed E-state index contributed by atoms with van der Waals surface area (Å²) in [6.07, 6.45) is 5.18. The Kier molecular flexibility index (Phi) is 5.05. The van der Waals surface area contributed by atoms with Crippen LogP contribution in [0.25, 0.3) is 0 Å². The minimum Gasteiger partial charge on any atom is -0.399 e. The van der Waals surface area contributed by atoms with Gasteiger partial charge in [0.1, 0.15) is 0 Å². The van der Waals surface area contributed by atoms with Crippen molar-refractivity contribution < 1.29 is 17.7 Å². The van der Waals surface area contributed by atoms with E-state index < -0.39 is 28.3 Å². The van der Waals surface area contributed by atoms with Gasteiger partial charge in [0.2, 0.25) is 10.0 Å². The first-order valence-electron chi connectivity index (χ1n) is 9.09. The Balaban J connectivity index is 1.80. The molecule has 1 aliphatic heterocycles. The van der Waals surface area contributed by atoms with Gasteiger partial charge in [0, 0.05) is 6.04 Å². The molecule has 1 aromatic rings. The minimum atomic E-state index is -3.53. The fourth-order valence-electron chi connectivity index (χ4n) is 3.32. The summed E-state index contributed by atoms with van der Waals surface area (Å²) in [5.74, 6) is 0. The molecule has 1 aromatic carbocycles. The highest BCUT2D eigenvalue weighted by Gasteiger charge is 2.51. The van der Waals surface area contributed by atoms with Crippen LogP contribution in [0.1, 0.15) is 59.8 Å². The Morgan fingerprint density at radius 2 is 1.64 bits per heavy atom. The van der Waals surface area contributed by atoms with Gasteiger partial charge >= 0.3 is 7.12 Å². The summed E-state index contributed by atoms with van der Waals surface area (Å²) in [7, 11) is -4.09. The van der Waals surface area contributed by atoms with Crippen molar-refractivity contribution in [2.75, 3.05) is 0 Å². The van der Waals surface area contributed by atoms with Gasteiger partial charge in [-0.2, -0.15) is 0 Å². The molecule has 1 N–H and O–H groups in total. The van der Waals surface area contributed by atoms with E-state index in [1.165, 1.54) is 6.42 Å². The van der Waals surface area contributed by atoms with Gasteiger partial charge in [0.15, 0.2) is 0 Å². The van der Waals surface area contributed by atoms with Gasteiger partial charge in [-0.3, -0.25) is 0 Å². The van der Waals surface area contributed by atoms with Crippen LogP contribution in [0, 0.1) is 0 Å². The fraction of sp³-hybridized carbons (Fsp3) is 0.667. The summed E-state index contributed by atoms with van der Waals surface area (Å²) in [6, 6.07) is 6.92. The van der Waals surface area contributed by atoms with E-state index in [1.807, 2.05) is 33.8 Å². The molecule has 25 heavy (non-hydrogen) atoms. The predicted molar refractivity (Wildman–Crippen MR) is 99.4 cm³/mol. The molecule has 1 heterocycles. The largest absolute Gasteiger partial charge is 0.494 e. The molecule has 0 spiro atoms. The second-order valence-corrected chi connectivity index (χ2v) is 9.83. The standard InChI is InChI=1S/C18H28BNO4S/c1-17(2)18(3,4)24-19(23-17)14-9-8-12-16(13-14)25(21,22)20-15-10-6-5-7-11-15/h8-9,12-13,15,20H,5-7,10-11H2,1-4H3. The Morgan fingerprint density at radius 3 is 2.24 bits per heavy atom.